The van der Waals surface area contributed by atoms with Crippen LogP contribution in [0.5, 0.6) is 0 Å². The van der Waals surface area contributed by atoms with Crippen LogP contribution in [-0.2, 0) is 19.7 Å². The highest BCUT2D eigenvalue weighted by molar-refractivity contribution is 7.86. The van der Waals surface area contributed by atoms with Gasteiger partial charge in [-0.15, -0.1) is 0 Å². The summed E-state index contributed by atoms with van der Waals surface area (Å²) in [5.74, 6) is 0.101. The molecule has 1 amide bonds. The van der Waals surface area contributed by atoms with Gasteiger partial charge in [0.15, 0.2) is 0 Å². The number of amides is 1. The fourth-order valence-corrected chi connectivity index (χ4v) is 5.12. The molecule has 2 rings (SSSR count). The zero-order chi connectivity index (χ0) is 20.2. The second kappa shape index (κ2) is 9.07. The number of nitrogens with zero attached hydrogens (tertiary/aromatic N) is 3. The van der Waals surface area contributed by atoms with Crippen molar-refractivity contribution in [3.8, 4) is 0 Å². The molecule has 0 aliphatic carbocycles. The van der Waals surface area contributed by atoms with Crippen molar-refractivity contribution in [2.45, 2.75) is 59.1 Å². The molecule has 0 bridgehead atoms. The molecule has 0 N–H and O–H groups in total. The summed E-state index contributed by atoms with van der Waals surface area (Å²) in [6.07, 6.45) is 1.36. The van der Waals surface area contributed by atoms with Crippen LogP contribution in [0.4, 0.5) is 4.79 Å². The van der Waals surface area contributed by atoms with Crippen LogP contribution in [0.2, 0.25) is 0 Å². The minimum atomic E-state index is -3.47. The van der Waals surface area contributed by atoms with Gasteiger partial charge in [0.05, 0.1) is 13.2 Å². The van der Waals surface area contributed by atoms with Crippen LogP contribution in [0.3, 0.4) is 0 Å². The van der Waals surface area contributed by atoms with Gasteiger partial charge < -0.3 is 14.4 Å². The SMILES string of the molecule is CC(C)N(C[C@H]1CCCN(S(=O)(=O)N2CCOCC2)C1)C(=O)OC(C)(C)C. The predicted octanol–water partition coefficient (Wildman–Crippen LogP) is 1.92. The summed E-state index contributed by atoms with van der Waals surface area (Å²) in [4.78, 5) is 14.3. The second-order valence-electron chi connectivity index (χ2n) is 8.61. The van der Waals surface area contributed by atoms with Crippen molar-refractivity contribution in [2.75, 3.05) is 45.9 Å². The van der Waals surface area contributed by atoms with Gasteiger partial charge in [0.1, 0.15) is 5.60 Å². The highest BCUT2D eigenvalue weighted by Crippen LogP contribution is 2.24. The molecule has 0 aromatic rings. The predicted molar refractivity (Wildman–Crippen MR) is 104 cm³/mol. The number of ether oxygens (including phenoxy) is 2. The van der Waals surface area contributed by atoms with Crippen molar-refractivity contribution < 1.29 is 22.7 Å². The van der Waals surface area contributed by atoms with Gasteiger partial charge in [0, 0.05) is 38.8 Å². The first kappa shape index (κ1) is 22.4. The molecule has 8 nitrogen and oxygen atoms in total. The van der Waals surface area contributed by atoms with Crippen LogP contribution in [0.1, 0.15) is 47.5 Å². The normalized spacial score (nSPS) is 23.4. The van der Waals surface area contributed by atoms with E-state index >= 15 is 0 Å². The average molecular weight is 406 g/mol. The van der Waals surface area contributed by atoms with Crippen molar-refractivity contribution in [3.63, 3.8) is 0 Å². The summed E-state index contributed by atoms with van der Waals surface area (Å²) in [6, 6.07) is -0.00826. The summed E-state index contributed by atoms with van der Waals surface area (Å²) >= 11 is 0. The van der Waals surface area contributed by atoms with Gasteiger partial charge in [-0.25, -0.2) is 4.79 Å². The smallest absolute Gasteiger partial charge is 0.410 e. The highest BCUT2D eigenvalue weighted by atomic mass is 32.2. The van der Waals surface area contributed by atoms with Crippen LogP contribution >= 0.6 is 0 Å². The molecule has 2 aliphatic rings. The molecule has 27 heavy (non-hydrogen) atoms. The molecule has 0 radical (unpaired) electrons. The topological polar surface area (TPSA) is 79.4 Å². The van der Waals surface area contributed by atoms with Crippen LogP contribution < -0.4 is 0 Å². The molecule has 2 heterocycles. The molecule has 0 spiro atoms. The Morgan fingerprint density at radius 1 is 1.19 bits per heavy atom. The molecule has 0 aromatic carbocycles. The van der Waals surface area contributed by atoms with Gasteiger partial charge in [-0.1, -0.05) is 0 Å². The van der Waals surface area contributed by atoms with Crippen molar-refractivity contribution in [3.05, 3.63) is 0 Å². The first-order valence-electron chi connectivity index (χ1n) is 9.83. The summed E-state index contributed by atoms with van der Waals surface area (Å²) in [5.41, 5.74) is -0.553. The zero-order valence-corrected chi connectivity index (χ0v) is 18.1. The van der Waals surface area contributed by atoms with Crippen molar-refractivity contribution in [2.24, 2.45) is 5.92 Å². The Morgan fingerprint density at radius 2 is 1.81 bits per heavy atom. The third-order valence-corrected chi connectivity index (χ3v) is 6.81. The summed E-state index contributed by atoms with van der Waals surface area (Å²) in [6.45, 7) is 12.6. The molecule has 2 aliphatic heterocycles. The van der Waals surface area contributed by atoms with Gasteiger partial charge in [-0.05, 0) is 53.4 Å². The molecule has 158 valence electrons. The molecular weight excluding hydrogens is 370 g/mol. The molecule has 1 atom stereocenters. The standard InChI is InChI=1S/C18H35N3O5S/c1-15(2)21(17(22)26-18(3,4)5)14-16-7-6-8-20(13-16)27(23,24)19-9-11-25-12-10-19/h15-16H,6-14H2,1-5H3/t16-/m0/s1. The summed E-state index contributed by atoms with van der Waals surface area (Å²) < 4.78 is 39.7. The van der Waals surface area contributed by atoms with Crippen LogP contribution in [0, 0.1) is 5.92 Å². The maximum atomic E-state index is 12.9. The Morgan fingerprint density at radius 3 is 2.37 bits per heavy atom. The fourth-order valence-electron chi connectivity index (χ4n) is 3.42. The highest BCUT2D eigenvalue weighted by Gasteiger charge is 2.36. The lowest BCUT2D eigenvalue weighted by Crippen LogP contribution is -2.53. The van der Waals surface area contributed by atoms with E-state index in [0.717, 1.165) is 12.8 Å². The molecular formula is C18H35N3O5S. The fraction of sp³-hybridized carbons (Fsp3) is 0.944. The van der Waals surface area contributed by atoms with Crippen molar-refractivity contribution >= 4 is 16.3 Å². The zero-order valence-electron chi connectivity index (χ0n) is 17.3. The lowest BCUT2D eigenvalue weighted by Gasteiger charge is -2.39. The van der Waals surface area contributed by atoms with Gasteiger partial charge in [0.25, 0.3) is 10.2 Å². The van der Waals surface area contributed by atoms with E-state index in [-0.39, 0.29) is 18.1 Å². The minimum absolute atomic E-state index is 0.00826. The van der Waals surface area contributed by atoms with Crippen molar-refractivity contribution in [1.29, 1.82) is 0 Å². The third kappa shape index (κ3) is 6.30. The van der Waals surface area contributed by atoms with Gasteiger partial charge in [-0.3, -0.25) is 0 Å². The Labute approximate surface area is 163 Å². The summed E-state index contributed by atoms with van der Waals surface area (Å²) in [7, 11) is -3.47. The van der Waals surface area contributed by atoms with E-state index in [1.165, 1.54) is 4.31 Å². The Bertz CT molecular complexity index is 597. The van der Waals surface area contributed by atoms with E-state index in [9.17, 15) is 13.2 Å². The molecule has 0 saturated carbocycles. The van der Waals surface area contributed by atoms with Gasteiger partial charge >= 0.3 is 6.09 Å². The van der Waals surface area contributed by atoms with E-state index in [4.69, 9.17) is 9.47 Å². The minimum Gasteiger partial charge on any atom is -0.444 e. The monoisotopic (exact) mass is 405 g/mol. The lowest BCUT2D eigenvalue weighted by atomic mass is 9.98. The molecule has 0 aromatic heterocycles. The van der Waals surface area contributed by atoms with Crippen LogP contribution in [0.15, 0.2) is 0 Å². The average Bonchev–Trinajstić information content (AvgIpc) is 2.59. The quantitative estimate of drug-likeness (QED) is 0.698. The maximum Gasteiger partial charge on any atom is 0.410 e. The summed E-state index contributed by atoms with van der Waals surface area (Å²) in [5, 5.41) is 0. The largest absolute Gasteiger partial charge is 0.444 e. The first-order chi connectivity index (χ1) is 12.5. The van der Waals surface area contributed by atoms with Crippen molar-refractivity contribution in [1.82, 2.24) is 13.5 Å². The lowest BCUT2D eigenvalue weighted by molar-refractivity contribution is 0.0135. The number of carbonyl (C=O) groups is 1. The van der Waals surface area contributed by atoms with E-state index < -0.39 is 15.8 Å². The molecule has 0 unspecified atom stereocenters. The van der Waals surface area contributed by atoms with E-state index in [2.05, 4.69) is 0 Å². The van der Waals surface area contributed by atoms with Gasteiger partial charge in [0.2, 0.25) is 0 Å². The maximum absolute atomic E-state index is 12.9. The first-order valence-corrected chi connectivity index (χ1v) is 11.2. The number of piperidine rings is 1. The van der Waals surface area contributed by atoms with Gasteiger partial charge in [-0.2, -0.15) is 17.0 Å². The van der Waals surface area contributed by atoms with E-state index in [1.807, 2.05) is 34.6 Å². The Hall–Kier alpha value is -0.900. The molecule has 2 fully saturated rings. The van der Waals surface area contributed by atoms with E-state index in [0.29, 0.717) is 45.9 Å². The number of rotatable bonds is 5. The number of carbonyl (C=O) groups excluding carboxylic acids is 1. The number of morpholine rings is 1. The third-order valence-electron chi connectivity index (χ3n) is 4.81. The van der Waals surface area contributed by atoms with Crippen LogP contribution in [0.25, 0.3) is 0 Å². The molecule has 2 saturated heterocycles. The number of hydrogen-bond acceptors (Lipinski definition) is 5. The van der Waals surface area contributed by atoms with Crippen LogP contribution in [-0.4, -0.2) is 85.6 Å². The number of hydrogen-bond donors (Lipinski definition) is 0. The second-order valence-corrected chi connectivity index (χ2v) is 10.5. The molecule has 9 heteroatoms. The Balaban J connectivity index is 2.02. The van der Waals surface area contributed by atoms with E-state index in [1.54, 1.807) is 9.21 Å². The Kier molecular flexibility index (Phi) is 7.52.